The summed E-state index contributed by atoms with van der Waals surface area (Å²) in [5.41, 5.74) is 2.12. The average Bonchev–Trinajstić information content (AvgIpc) is 2.35. The van der Waals surface area contributed by atoms with Crippen LogP contribution in [0.3, 0.4) is 0 Å². The van der Waals surface area contributed by atoms with E-state index in [1.165, 1.54) is 11.6 Å². The van der Waals surface area contributed by atoms with Crippen LogP contribution in [0.1, 0.15) is 25.0 Å². The van der Waals surface area contributed by atoms with Gasteiger partial charge in [-0.05, 0) is 32.4 Å². The second-order valence-corrected chi connectivity index (χ2v) is 4.68. The van der Waals surface area contributed by atoms with Gasteiger partial charge in [0, 0.05) is 12.1 Å². The van der Waals surface area contributed by atoms with Gasteiger partial charge in [-0.2, -0.15) is 0 Å². The summed E-state index contributed by atoms with van der Waals surface area (Å²) < 4.78 is 0. The first-order valence-corrected chi connectivity index (χ1v) is 6.29. The zero-order valence-electron chi connectivity index (χ0n) is 11.6. The Labute approximate surface area is 113 Å². The van der Waals surface area contributed by atoms with Gasteiger partial charge in [-0.25, -0.2) is 0 Å². The fourth-order valence-corrected chi connectivity index (χ4v) is 1.45. The highest BCUT2D eigenvalue weighted by Gasteiger charge is 2.03. The van der Waals surface area contributed by atoms with Gasteiger partial charge in [0.15, 0.2) is 0 Å². The molecule has 0 aliphatic rings. The number of carbonyl (C=O) groups excluding carboxylic acids is 2. The topological polar surface area (TPSA) is 58.2 Å². The van der Waals surface area contributed by atoms with E-state index in [1.807, 2.05) is 45.0 Å². The van der Waals surface area contributed by atoms with Gasteiger partial charge < -0.3 is 10.6 Å². The molecule has 4 nitrogen and oxygen atoms in total. The van der Waals surface area contributed by atoms with E-state index in [9.17, 15) is 9.59 Å². The maximum atomic E-state index is 11.5. The van der Waals surface area contributed by atoms with E-state index in [0.29, 0.717) is 0 Å². The van der Waals surface area contributed by atoms with Crippen molar-refractivity contribution in [2.75, 3.05) is 6.54 Å². The third kappa shape index (κ3) is 6.41. The van der Waals surface area contributed by atoms with Gasteiger partial charge in [-0.3, -0.25) is 9.59 Å². The highest BCUT2D eigenvalue weighted by Crippen LogP contribution is 2.04. The van der Waals surface area contributed by atoms with Gasteiger partial charge >= 0.3 is 0 Å². The number of amides is 2. The third-order valence-corrected chi connectivity index (χ3v) is 2.38. The molecule has 0 heterocycles. The summed E-state index contributed by atoms with van der Waals surface area (Å²) >= 11 is 0. The molecule has 0 radical (unpaired) electrons. The number of aryl methyl sites for hydroxylation is 1. The fourth-order valence-electron chi connectivity index (χ4n) is 1.45. The van der Waals surface area contributed by atoms with Crippen LogP contribution < -0.4 is 10.6 Å². The van der Waals surface area contributed by atoms with E-state index in [2.05, 4.69) is 10.6 Å². The maximum absolute atomic E-state index is 11.5. The van der Waals surface area contributed by atoms with Crippen LogP contribution in [0.4, 0.5) is 0 Å². The standard InChI is InChI=1S/C15H20N2O2/c1-11(2)17-15(19)10-16-14(18)9-8-13-6-4-12(3)5-7-13/h4-9,11H,10H2,1-3H3,(H,16,18)(H,17,19)/b9-8+. The lowest BCUT2D eigenvalue weighted by atomic mass is 10.1. The monoisotopic (exact) mass is 260 g/mol. The first-order valence-electron chi connectivity index (χ1n) is 6.29. The molecule has 19 heavy (non-hydrogen) atoms. The molecule has 2 N–H and O–H groups in total. The molecular weight excluding hydrogens is 240 g/mol. The van der Waals surface area contributed by atoms with Gasteiger partial charge in [0.1, 0.15) is 0 Å². The molecule has 0 fully saturated rings. The molecule has 0 aromatic heterocycles. The zero-order valence-corrected chi connectivity index (χ0v) is 11.6. The van der Waals surface area contributed by atoms with E-state index in [0.717, 1.165) is 5.56 Å². The lowest BCUT2D eigenvalue weighted by Crippen LogP contribution is -2.39. The predicted molar refractivity (Wildman–Crippen MR) is 76.5 cm³/mol. The number of benzene rings is 1. The van der Waals surface area contributed by atoms with Crippen molar-refractivity contribution < 1.29 is 9.59 Å². The van der Waals surface area contributed by atoms with Crippen molar-refractivity contribution in [2.45, 2.75) is 26.8 Å². The minimum atomic E-state index is -0.278. The lowest BCUT2D eigenvalue weighted by molar-refractivity contribution is -0.124. The summed E-state index contributed by atoms with van der Waals surface area (Å²) in [6.45, 7) is 5.75. The Hall–Kier alpha value is -2.10. The molecule has 0 spiro atoms. The van der Waals surface area contributed by atoms with Crippen LogP contribution in [-0.4, -0.2) is 24.4 Å². The predicted octanol–water partition coefficient (Wildman–Crippen LogP) is 1.65. The normalized spacial score (nSPS) is 10.7. The van der Waals surface area contributed by atoms with Crippen LogP contribution in [-0.2, 0) is 9.59 Å². The van der Waals surface area contributed by atoms with E-state index >= 15 is 0 Å². The molecule has 0 aliphatic carbocycles. The third-order valence-electron chi connectivity index (χ3n) is 2.38. The minimum absolute atomic E-state index is 0.00471. The van der Waals surface area contributed by atoms with Gasteiger partial charge in [-0.1, -0.05) is 29.8 Å². The summed E-state index contributed by atoms with van der Waals surface area (Å²) in [4.78, 5) is 22.8. The minimum Gasteiger partial charge on any atom is -0.352 e. The second kappa shape index (κ2) is 7.36. The smallest absolute Gasteiger partial charge is 0.244 e. The Balaban J connectivity index is 2.39. The highest BCUT2D eigenvalue weighted by molar-refractivity contribution is 5.94. The first-order chi connectivity index (χ1) is 8.97. The maximum Gasteiger partial charge on any atom is 0.244 e. The molecule has 0 atom stereocenters. The van der Waals surface area contributed by atoms with Crippen molar-refractivity contribution in [3.8, 4) is 0 Å². The molecule has 0 saturated carbocycles. The van der Waals surface area contributed by atoms with E-state index < -0.39 is 0 Å². The summed E-state index contributed by atoms with van der Waals surface area (Å²) in [5.74, 6) is -0.466. The van der Waals surface area contributed by atoms with Crippen molar-refractivity contribution >= 4 is 17.9 Å². The Morgan fingerprint density at radius 3 is 2.42 bits per heavy atom. The molecule has 1 aromatic carbocycles. The fraction of sp³-hybridized carbons (Fsp3) is 0.333. The summed E-state index contributed by atoms with van der Waals surface area (Å²) in [6.07, 6.45) is 3.14. The van der Waals surface area contributed by atoms with Crippen LogP contribution in [0.2, 0.25) is 0 Å². The Kier molecular flexibility index (Phi) is 5.79. The highest BCUT2D eigenvalue weighted by atomic mass is 16.2. The molecule has 0 unspecified atom stereocenters. The van der Waals surface area contributed by atoms with Crippen LogP contribution >= 0.6 is 0 Å². The molecule has 1 aromatic rings. The number of rotatable bonds is 5. The van der Waals surface area contributed by atoms with E-state index in [1.54, 1.807) is 6.08 Å². The van der Waals surface area contributed by atoms with Gasteiger partial charge in [0.2, 0.25) is 11.8 Å². The van der Waals surface area contributed by atoms with Crippen LogP contribution in [0.25, 0.3) is 6.08 Å². The van der Waals surface area contributed by atoms with E-state index in [-0.39, 0.29) is 24.4 Å². The number of carbonyl (C=O) groups is 2. The van der Waals surface area contributed by atoms with Gasteiger partial charge in [0.05, 0.1) is 6.54 Å². The van der Waals surface area contributed by atoms with Crippen molar-refractivity contribution in [1.82, 2.24) is 10.6 Å². The molecule has 1 rings (SSSR count). The molecule has 0 bridgehead atoms. The van der Waals surface area contributed by atoms with Crippen molar-refractivity contribution in [3.63, 3.8) is 0 Å². The Morgan fingerprint density at radius 1 is 1.21 bits per heavy atom. The SMILES string of the molecule is Cc1ccc(/C=C/C(=O)NCC(=O)NC(C)C)cc1. The Bertz CT molecular complexity index is 462. The van der Waals surface area contributed by atoms with Gasteiger partial charge in [-0.15, -0.1) is 0 Å². The van der Waals surface area contributed by atoms with Crippen LogP contribution in [0, 0.1) is 6.92 Å². The summed E-state index contributed by atoms with van der Waals surface area (Å²) in [7, 11) is 0. The van der Waals surface area contributed by atoms with Crippen LogP contribution in [0.5, 0.6) is 0 Å². The summed E-state index contributed by atoms with van der Waals surface area (Å²) in [6, 6.07) is 7.91. The molecule has 102 valence electrons. The quantitative estimate of drug-likeness (QED) is 0.791. The molecule has 4 heteroatoms. The zero-order chi connectivity index (χ0) is 14.3. The number of hydrogen-bond donors (Lipinski definition) is 2. The molecule has 2 amide bonds. The molecular formula is C15H20N2O2. The van der Waals surface area contributed by atoms with Crippen molar-refractivity contribution in [1.29, 1.82) is 0 Å². The first kappa shape index (κ1) is 15.0. The Morgan fingerprint density at radius 2 is 1.84 bits per heavy atom. The van der Waals surface area contributed by atoms with Crippen molar-refractivity contribution in [2.24, 2.45) is 0 Å². The molecule has 0 saturated heterocycles. The largest absolute Gasteiger partial charge is 0.352 e. The molecule has 0 aliphatic heterocycles. The van der Waals surface area contributed by atoms with Gasteiger partial charge in [0.25, 0.3) is 0 Å². The number of nitrogens with one attached hydrogen (secondary N) is 2. The number of hydrogen-bond acceptors (Lipinski definition) is 2. The van der Waals surface area contributed by atoms with Crippen molar-refractivity contribution in [3.05, 3.63) is 41.5 Å². The summed E-state index contributed by atoms with van der Waals surface area (Å²) in [5, 5.41) is 5.23. The van der Waals surface area contributed by atoms with E-state index in [4.69, 9.17) is 0 Å². The second-order valence-electron chi connectivity index (χ2n) is 4.68. The van der Waals surface area contributed by atoms with Crippen LogP contribution in [0.15, 0.2) is 30.3 Å². The lowest BCUT2D eigenvalue weighted by Gasteiger charge is -2.08. The average molecular weight is 260 g/mol.